The van der Waals surface area contributed by atoms with E-state index >= 15 is 0 Å². The van der Waals surface area contributed by atoms with Crippen LogP contribution in [0.5, 0.6) is 0 Å². The van der Waals surface area contributed by atoms with Crippen LogP contribution in [0.2, 0.25) is 0 Å². The lowest BCUT2D eigenvalue weighted by molar-refractivity contribution is 0.162. The summed E-state index contributed by atoms with van der Waals surface area (Å²) in [5.41, 5.74) is 1.05. The summed E-state index contributed by atoms with van der Waals surface area (Å²) < 4.78 is 28.8. The van der Waals surface area contributed by atoms with Crippen LogP contribution in [0.15, 0.2) is 24.3 Å². The Labute approximate surface area is 113 Å². The second-order valence-electron chi connectivity index (χ2n) is 5.22. The van der Waals surface area contributed by atoms with Crippen molar-refractivity contribution in [1.82, 2.24) is 0 Å². The molecule has 0 aliphatic heterocycles. The van der Waals surface area contributed by atoms with Gasteiger partial charge in [0.05, 0.1) is 17.9 Å². The van der Waals surface area contributed by atoms with Crippen molar-refractivity contribution in [2.24, 2.45) is 5.41 Å². The van der Waals surface area contributed by atoms with Gasteiger partial charge in [-0.2, -0.15) is 5.26 Å². The summed E-state index contributed by atoms with van der Waals surface area (Å²) in [6.45, 7) is 2.11. The van der Waals surface area contributed by atoms with E-state index in [0.29, 0.717) is 0 Å². The zero-order chi connectivity index (χ0) is 14.3. The molecular weight excluding hydrogens is 262 g/mol. The number of methoxy groups -OCH3 is 1. The predicted octanol–water partition coefficient (Wildman–Crippen LogP) is 1.66. The van der Waals surface area contributed by atoms with E-state index in [4.69, 9.17) is 4.74 Å². The van der Waals surface area contributed by atoms with Gasteiger partial charge in [0, 0.05) is 19.3 Å². The largest absolute Gasteiger partial charge is 0.383 e. The van der Waals surface area contributed by atoms with Crippen LogP contribution >= 0.6 is 0 Å². The zero-order valence-electron chi connectivity index (χ0n) is 11.3. The first-order valence-corrected chi connectivity index (χ1v) is 7.98. The molecule has 0 unspecified atom stereocenters. The Bertz CT molecular complexity index is 615. The van der Waals surface area contributed by atoms with Gasteiger partial charge in [-0.05, 0) is 12.5 Å². The Morgan fingerprint density at radius 2 is 1.95 bits per heavy atom. The first-order valence-electron chi connectivity index (χ1n) is 6.02. The van der Waals surface area contributed by atoms with Crippen LogP contribution in [-0.4, -0.2) is 33.6 Å². The first kappa shape index (κ1) is 14.0. The molecule has 0 saturated heterocycles. The average Bonchev–Trinajstić information content (AvgIpc) is 3.00. The van der Waals surface area contributed by atoms with Crippen LogP contribution in [0.3, 0.4) is 0 Å². The number of nitrogens with zero attached hydrogens (tertiary/aromatic N) is 1. The van der Waals surface area contributed by atoms with Gasteiger partial charge in [-0.15, -0.1) is 0 Å². The summed E-state index contributed by atoms with van der Waals surface area (Å²) in [5, 5.41) is 8.74. The predicted molar refractivity (Wildman–Crippen MR) is 72.5 cm³/mol. The number of ether oxygens (including phenoxy) is 1. The Kier molecular flexibility index (Phi) is 3.41. The monoisotopic (exact) mass is 279 g/mol. The van der Waals surface area contributed by atoms with E-state index in [0.717, 1.165) is 11.1 Å². The molecule has 0 N–H and O–H groups in total. The number of benzene rings is 1. The molecule has 1 aliphatic rings. The summed E-state index contributed by atoms with van der Waals surface area (Å²) in [4.78, 5) is 0. The van der Waals surface area contributed by atoms with E-state index in [2.05, 4.69) is 6.07 Å². The van der Waals surface area contributed by atoms with Gasteiger partial charge in [-0.1, -0.05) is 29.8 Å². The summed E-state index contributed by atoms with van der Waals surface area (Å²) in [6.07, 6.45) is 1.19. The molecule has 1 fully saturated rings. The summed E-state index contributed by atoms with van der Waals surface area (Å²) >= 11 is 0. The van der Waals surface area contributed by atoms with Crippen LogP contribution < -0.4 is 0 Å². The maximum Gasteiger partial charge on any atom is 0.152 e. The maximum atomic E-state index is 11.9. The fraction of sp³-hybridized carbons (Fsp3) is 0.500. The molecule has 102 valence electrons. The molecule has 0 bridgehead atoms. The quantitative estimate of drug-likeness (QED) is 0.840. The minimum atomic E-state index is -3.28. The highest BCUT2D eigenvalue weighted by Crippen LogP contribution is 2.62. The van der Waals surface area contributed by atoms with E-state index in [9.17, 15) is 13.7 Å². The molecule has 1 aromatic carbocycles. The minimum Gasteiger partial charge on any atom is -0.383 e. The number of hydrogen-bond donors (Lipinski definition) is 0. The minimum absolute atomic E-state index is 0.139. The highest BCUT2D eigenvalue weighted by Gasteiger charge is 2.71. The maximum absolute atomic E-state index is 11.9. The van der Waals surface area contributed by atoms with E-state index in [1.54, 1.807) is 0 Å². The Balaban J connectivity index is 2.44. The molecule has 1 aromatic rings. The lowest BCUT2D eigenvalue weighted by atomic mass is 10.0. The third-order valence-corrected chi connectivity index (χ3v) is 5.36. The standard InChI is InChI=1S/C14H17NO3S/c1-10-4-6-11(7-5-10)12-13(19(3,16)17)14(12,8-15)9-18-2/h4-7,12-13H,9H2,1-3H3/t12-,13+,14+/m0/s1. The molecule has 0 aromatic heterocycles. The van der Waals surface area contributed by atoms with E-state index in [1.807, 2.05) is 31.2 Å². The van der Waals surface area contributed by atoms with Crippen LogP contribution in [-0.2, 0) is 14.6 Å². The van der Waals surface area contributed by atoms with Gasteiger partial charge in [0.25, 0.3) is 0 Å². The molecule has 3 atom stereocenters. The summed E-state index contributed by atoms with van der Waals surface area (Å²) in [7, 11) is -1.79. The molecule has 5 heteroatoms. The lowest BCUT2D eigenvalue weighted by Gasteiger charge is -2.07. The van der Waals surface area contributed by atoms with E-state index in [1.165, 1.54) is 13.4 Å². The zero-order valence-corrected chi connectivity index (χ0v) is 12.1. The number of hydrogen-bond acceptors (Lipinski definition) is 4. The van der Waals surface area contributed by atoms with Crippen molar-refractivity contribution in [3.8, 4) is 6.07 Å². The van der Waals surface area contributed by atoms with Gasteiger partial charge in [-0.25, -0.2) is 8.42 Å². The molecule has 2 rings (SSSR count). The van der Waals surface area contributed by atoms with E-state index < -0.39 is 20.5 Å². The molecule has 0 radical (unpaired) electrons. The molecule has 0 spiro atoms. The fourth-order valence-corrected chi connectivity index (χ4v) is 4.70. The number of rotatable bonds is 4. The second-order valence-corrected chi connectivity index (χ2v) is 7.39. The van der Waals surface area contributed by atoms with Gasteiger partial charge in [0.15, 0.2) is 9.84 Å². The second kappa shape index (κ2) is 4.62. The number of aryl methyl sites for hydroxylation is 1. The third-order valence-electron chi connectivity index (χ3n) is 3.75. The molecular formula is C14H17NO3S. The molecule has 1 saturated carbocycles. The first-order chi connectivity index (χ1) is 8.86. The van der Waals surface area contributed by atoms with Crippen LogP contribution in [0, 0.1) is 23.7 Å². The van der Waals surface area contributed by atoms with Gasteiger partial charge in [0.2, 0.25) is 0 Å². The van der Waals surface area contributed by atoms with Crippen LogP contribution in [0.25, 0.3) is 0 Å². The topological polar surface area (TPSA) is 67.2 Å². The van der Waals surface area contributed by atoms with Gasteiger partial charge < -0.3 is 4.74 Å². The third kappa shape index (κ3) is 2.26. The smallest absolute Gasteiger partial charge is 0.152 e. The SMILES string of the molecule is COC[C@@]1(C#N)[C@H](S(C)(=O)=O)[C@@H]1c1ccc(C)cc1. The van der Waals surface area contributed by atoms with Crippen molar-refractivity contribution in [1.29, 1.82) is 5.26 Å². The van der Waals surface area contributed by atoms with Crippen molar-refractivity contribution in [3.05, 3.63) is 35.4 Å². The van der Waals surface area contributed by atoms with Crippen LogP contribution in [0.1, 0.15) is 17.0 Å². The normalized spacial score (nSPS) is 29.8. The van der Waals surface area contributed by atoms with Gasteiger partial charge >= 0.3 is 0 Å². The summed E-state index contributed by atoms with van der Waals surface area (Å²) in [5.74, 6) is -0.298. The fourth-order valence-electron chi connectivity index (χ4n) is 2.86. The molecule has 19 heavy (non-hydrogen) atoms. The number of sulfone groups is 1. The van der Waals surface area contributed by atoms with Crippen molar-refractivity contribution < 1.29 is 13.2 Å². The van der Waals surface area contributed by atoms with Gasteiger partial charge in [0.1, 0.15) is 5.41 Å². The Morgan fingerprint density at radius 1 is 1.37 bits per heavy atom. The molecule has 1 aliphatic carbocycles. The molecule has 0 heterocycles. The van der Waals surface area contributed by atoms with E-state index in [-0.39, 0.29) is 12.5 Å². The van der Waals surface area contributed by atoms with Gasteiger partial charge in [-0.3, -0.25) is 0 Å². The van der Waals surface area contributed by atoms with Crippen molar-refractivity contribution in [2.75, 3.05) is 20.0 Å². The molecule has 0 amide bonds. The highest BCUT2D eigenvalue weighted by molar-refractivity contribution is 7.91. The molecule has 4 nitrogen and oxygen atoms in total. The van der Waals surface area contributed by atoms with Crippen molar-refractivity contribution >= 4 is 9.84 Å². The Morgan fingerprint density at radius 3 is 2.37 bits per heavy atom. The average molecular weight is 279 g/mol. The van der Waals surface area contributed by atoms with Crippen LogP contribution in [0.4, 0.5) is 0 Å². The number of nitriles is 1. The highest BCUT2D eigenvalue weighted by atomic mass is 32.2. The summed E-state index contributed by atoms with van der Waals surface area (Å²) in [6, 6.07) is 9.83. The van der Waals surface area contributed by atoms with Crippen molar-refractivity contribution in [3.63, 3.8) is 0 Å². The lowest BCUT2D eigenvalue weighted by Crippen LogP contribution is -2.17. The Hall–Kier alpha value is -1.38. The van der Waals surface area contributed by atoms with Crippen molar-refractivity contribution in [2.45, 2.75) is 18.1 Å².